The molecule has 2 heteroatoms. The van der Waals surface area contributed by atoms with Crippen molar-refractivity contribution in [3.8, 4) is 11.1 Å². The van der Waals surface area contributed by atoms with Crippen molar-refractivity contribution >= 4 is 39.3 Å². The van der Waals surface area contributed by atoms with Crippen LogP contribution >= 0.6 is 7.14 Å². The van der Waals surface area contributed by atoms with Crippen LogP contribution in [0.15, 0.2) is 85.5 Å². The second-order valence-corrected chi connectivity index (χ2v) is 9.38. The van der Waals surface area contributed by atoms with E-state index in [2.05, 4.69) is 79.4 Å². The first-order valence-electron chi connectivity index (χ1n) is 8.49. The molecule has 25 heavy (non-hydrogen) atoms. The van der Waals surface area contributed by atoms with E-state index in [1.807, 2.05) is 0 Å². The van der Waals surface area contributed by atoms with Gasteiger partial charge in [-0.15, -0.1) is 6.58 Å². The van der Waals surface area contributed by atoms with Gasteiger partial charge in [-0.1, -0.05) is 66.7 Å². The van der Waals surface area contributed by atoms with Gasteiger partial charge in [-0.05, 0) is 33.7 Å². The van der Waals surface area contributed by atoms with Gasteiger partial charge in [-0.2, -0.15) is 0 Å². The molecule has 4 aromatic rings. The van der Waals surface area contributed by atoms with E-state index in [0.717, 1.165) is 21.7 Å². The van der Waals surface area contributed by atoms with Crippen LogP contribution in [0.4, 0.5) is 0 Å². The fourth-order valence-corrected chi connectivity index (χ4v) is 6.99. The quantitative estimate of drug-likeness (QED) is 0.349. The monoisotopic (exact) mass is 340 g/mol. The third kappa shape index (κ3) is 1.88. The van der Waals surface area contributed by atoms with Crippen LogP contribution in [0.3, 0.4) is 0 Å². The molecule has 4 aromatic carbocycles. The van der Waals surface area contributed by atoms with Crippen LogP contribution in [0.1, 0.15) is 0 Å². The lowest BCUT2D eigenvalue weighted by Gasteiger charge is -2.13. The molecule has 0 spiro atoms. The zero-order chi connectivity index (χ0) is 17.0. The van der Waals surface area contributed by atoms with Gasteiger partial charge in [0, 0.05) is 27.9 Å². The number of benzene rings is 4. The van der Waals surface area contributed by atoms with Crippen molar-refractivity contribution in [3.63, 3.8) is 0 Å². The van der Waals surface area contributed by atoms with Crippen LogP contribution in [0.2, 0.25) is 0 Å². The summed E-state index contributed by atoms with van der Waals surface area (Å²) in [5.41, 5.74) is 2.30. The van der Waals surface area contributed by atoms with Gasteiger partial charge >= 0.3 is 0 Å². The van der Waals surface area contributed by atoms with Crippen LogP contribution in [-0.2, 0) is 4.57 Å². The average molecular weight is 340 g/mol. The standard InChI is InChI=1S/C23H17OP/c1-2-15-25(24)20-13-11-16-7-3-5-9-18(16)22(20)23-19-10-6-4-8-17(19)12-14-21(23)25/h2-14H,1,15H2. The number of allylic oxidation sites excluding steroid dienone is 1. The van der Waals surface area contributed by atoms with Crippen LogP contribution in [0.5, 0.6) is 0 Å². The molecule has 0 aromatic heterocycles. The fourth-order valence-electron chi connectivity index (χ4n) is 4.16. The van der Waals surface area contributed by atoms with Gasteiger partial charge in [0.2, 0.25) is 0 Å². The zero-order valence-corrected chi connectivity index (χ0v) is 14.7. The second-order valence-electron chi connectivity index (χ2n) is 6.57. The lowest BCUT2D eigenvalue weighted by atomic mass is 9.94. The molecule has 1 aliphatic heterocycles. The Morgan fingerprint density at radius 1 is 0.720 bits per heavy atom. The Bertz CT molecular complexity index is 1130. The summed E-state index contributed by atoms with van der Waals surface area (Å²) in [4.78, 5) is 0. The third-order valence-electron chi connectivity index (χ3n) is 5.23. The van der Waals surface area contributed by atoms with Gasteiger partial charge < -0.3 is 4.57 Å². The largest absolute Gasteiger partial charge is 0.313 e. The van der Waals surface area contributed by atoms with E-state index in [1.165, 1.54) is 21.5 Å². The van der Waals surface area contributed by atoms with Gasteiger partial charge in [0.1, 0.15) is 7.14 Å². The van der Waals surface area contributed by atoms with Crippen LogP contribution in [0, 0.1) is 0 Å². The van der Waals surface area contributed by atoms with Gasteiger partial charge in [0.25, 0.3) is 0 Å². The number of rotatable bonds is 2. The SMILES string of the molecule is C=CCP1(=O)c2ccc3ccccc3c2-c2c1ccc1ccccc21. The summed E-state index contributed by atoms with van der Waals surface area (Å²) in [5, 5.41) is 6.70. The minimum Gasteiger partial charge on any atom is -0.313 e. The highest BCUT2D eigenvalue weighted by Crippen LogP contribution is 2.55. The topological polar surface area (TPSA) is 17.1 Å². The third-order valence-corrected chi connectivity index (χ3v) is 8.30. The molecule has 0 bridgehead atoms. The van der Waals surface area contributed by atoms with E-state index >= 15 is 0 Å². The summed E-state index contributed by atoms with van der Waals surface area (Å²) in [6, 6.07) is 25.1. The summed E-state index contributed by atoms with van der Waals surface area (Å²) >= 11 is 0. The number of hydrogen-bond donors (Lipinski definition) is 0. The Balaban J connectivity index is 2.04. The molecule has 0 aliphatic carbocycles. The summed E-state index contributed by atoms with van der Waals surface area (Å²) in [6.45, 7) is 3.87. The molecule has 0 atom stereocenters. The Hall–Kier alpha value is -2.63. The average Bonchev–Trinajstić information content (AvgIpc) is 2.91. The predicted molar refractivity (Wildman–Crippen MR) is 109 cm³/mol. The van der Waals surface area contributed by atoms with Crippen molar-refractivity contribution in [1.29, 1.82) is 0 Å². The lowest BCUT2D eigenvalue weighted by Crippen LogP contribution is -2.12. The van der Waals surface area contributed by atoms with Crippen LogP contribution < -0.4 is 10.6 Å². The molecule has 5 rings (SSSR count). The summed E-state index contributed by atoms with van der Waals surface area (Å²) in [7, 11) is -2.68. The normalized spacial score (nSPS) is 14.4. The van der Waals surface area contributed by atoms with Crippen molar-refractivity contribution < 1.29 is 4.57 Å². The van der Waals surface area contributed by atoms with Gasteiger partial charge in [0.15, 0.2) is 0 Å². The molecule has 1 nitrogen and oxygen atoms in total. The van der Waals surface area contributed by atoms with Crippen molar-refractivity contribution in [2.75, 3.05) is 6.16 Å². The maximum atomic E-state index is 14.1. The van der Waals surface area contributed by atoms with E-state index < -0.39 is 7.14 Å². The molecule has 0 saturated heterocycles. The van der Waals surface area contributed by atoms with E-state index in [9.17, 15) is 4.57 Å². The Kier molecular flexibility index (Phi) is 3.04. The zero-order valence-electron chi connectivity index (χ0n) is 13.8. The predicted octanol–water partition coefficient (Wildman–Crippen LogP) is 5.47. The number of hydrogen-bond acceptors (Lipinski definition) is 1. The molecule has 0 N–H and O–H groups in total. The first-order chi connectivity index (χ1) is 12.2. The van der Waals surface area contributed by atoms with E-state index in [1.54, 1.807) is 6.08 Å². The van der Waals surface area contributed by atoms with E-state index in [0.29, 0.717) is 6.16 Å². The highest BCUT2D eigenvalue weighted by molar-refractivity contribution is 7.80. The molecule has 120 valence electrons. The minimum atomic E-state index is -2.68. The minimum absolute atomic E-state index is 0.504. The van der Waals surface area contributed by atoms with Crippen molar-refractivity contribution in [2.45, 2.75) is 0 Å². The molecular formula is C23H17OP. The van der Waals surface area contributed by atoms with Crippen LogP contribution in [-0.4, -0.2) is 6.16 Å². The van der Waals surface area contributed by atoms with E-state index in [-0.39, 0.29) is 0 Å². The molecule has 0 radical (unpaired) electrons. The maximum Gasteiger partial charge on any atom is 0.148 e. The molecule has 0 unspecified atom stereocenters. The molecule has 1 aliphatic rings. The van der Waals surface area contributed by atoms with Crippen LogP contribution in [0.25, 0.3) is 32.7 Å². The lowest BCUT2D eigenvalue weighted by molar-refractivity contribution is 0.589. The Morgan fingerprint density at radius 3 is 1.68 bits per heavy atom. The molecule has 0 amide bonds. The van der Waals surface area contributed by atoms with Crippen molar-refractivity contribution in [2.24, 2.45) is 0 Å². The smallest absolute Gasteiger partial charge is 0.148 e. The fraction of sp³-hybridized carbons (Fsp3) is 0.0435. The summed E-state index contributed by atoms with van der Waals surface area (Å²) < 4.78 is 14.1. The van der Waals surface area contributed by atoms with Gasteiger partial charge in [-0.25, -0.2) is 0 Å². The molecular weight excluding hydrogens is 323 g/mol. The summed E-state index contributed by atoms with van der Waals surface area (Å²) in [6.07, 6.45) is 2.30. The molecule has 0 fully saturated rings. The second kappa shape index (κ2) is 5.18. The number of fused-ring (bicyclic) bond motifs is 7. The highest BCUT2D eigenvalue weighted by Gasteiger charge is 2.39. The Labute approximate surface area is 147 Å². The summed E-state index contributed by atoms with van der Waals surface area (Å²) in [5.74, 6) is 0. The van der Waals surface area contributed by atoms with Crippen molar-refractivity contribution in [3.05, 3.63) is 85.5 Å². The molecule has 1 heterocycles. The Morgan fingerprint density at radius 2 is 1.20 bits per heavy atom. The van der Waals surface area contributed by atoms with Crippen molar-refractivity contribution in [1.82, 2.24) is 0 Å². The van der Waals surface area contributed by atoms with E-state index in [4.69, 9.17) is 0 Å². The maximum absolute atomic E-state index is 14.1. The highest BCUT2D eigenvalue weighted by atomic mass is 31.2. The van der Waals surface area contributed by atoms with Gasteiger partial charge in [-0.3, -0.25) is 0 Å². The van der Waals surface area contributed by atoms with Gasteiger partial charge in [0.05, 0.1) is 0 Å². The first kappa shape index (κ1) is 14.7. The first-order valence-corrected chi connectivity index (χ1v) is 10.4. The molecule has 0 saturated carbocycles.